The zero-order valence-corrected chi connectivity index (χ0v) is 18.5. The number of carbonyl (C=O) groups excluding carboxylic acids is 2. The van der Waals surface area contributed by atoms with Crippen molar-refractivity contribution in [3.8, 4) is 0 Å². The van der Waals surface area contributed by atoms with Crippen LogP contribution in [-0.2, 0) is 22.6 Å². The standard InChI is InChI=1S/C24H24F3N3O4/c1-33-12-10-29(24(32)28-22-9-8-19(26)13-21(22)27)16-23(31)30(15-20-3-2-11-34-20)14-17-4-6-18(25)7-5-17/h2-9,11,13H,10,12,14-16H2,1H3,(H,28,32). The number of furan rings is 1. The van der Waals surface area contributed by atoms with Crippen LogP contribution in [0.1, 0.15) is 11.3 Å². The zero-order valence-electron chi connectivity index (χ0n) is 18.5. The van der Waals surface area contributed by atoms with Gasteiger partial charge in [-0.1, -0.05) is 12.1 Å². The minimum Gasteiger partial charge on any atom is -0.467 e. The lowest BCUT2D eigenvalue weighted by atomic mass is 10.2. The van der Waals surface area contributed by atoms with Crippen molar-refractivity contribution in [2.45, 2.75) is 13.1 Å². The van der Waals surface area contributed by atoms with Gasteiger partial charge in [-0.2, -0.15) is 0 Å². The molecular formula is C24H24F3N3O4. The molecule has 3 amide bonds. The molecule has 0 aliphatic rings. The number of methoxy groups -OCH3 is 1. The number of rotatable bonds is 10. The largest absolute Gasteiger partial charge is 0.467 e. The van der Waals surface area contributed by atoms with Gasteiger partial charge in [0, 0.05) is 26.3 Å². The third-order valence-electron chi connectivity index (χ3n) is 4.92. The molecule has 1 N–H and O–H groups in total. The van der Waals surface area contributed by atoms with Crippen LogP contribution in [-0.4, -0.2) is 48.5 Å². The molecule has 0 unspecified atom stereocenters. The van der Waals surface area contributed by atoms with E-state index < -0.39 is 29.4 Å². The summed E-state index contributed by atoms with van der Waals surface area (Å²) in [6.07, 6.45) is 1.48. The van der Waals surface area contributed by atoms with Crippen molar-refractivity contribution in [3.63, 3.8) is 0 Å². The van der Waals surface area contributed by atoms with Crippen LogP contribution in [0.15, 0.2) is 65.3 Å². The number of benzene rings is 2. The van der Waals surface area contributed by atoms with Crippen molar-refractivity contribution < 1.29 is 31.9 Å². The Labute approximate surface area is 194 Å². The third kappa shape index (κ3) is 7.11. The quantitative estimate of drug-likeness (QED) is 0.472. The van der Waals surface area contributed by atoms with E-state index in [4.69, 9.17) is 9.15 Å². The lowest BCUT2D eigenvalue weighted by Crippen LogP contribution is -2.45. The van der Waals surface area contributed by atoms with Crippen molar-refractivity contribution in [2.24, 2.45) is 0 Å². The molecule has 2 aromatic carbocycles. The molecule has 180 valence electrons. The van der Waals surface area contributed by atoms with Gasteiger partial charge >= 0.3 is 6.03 Å². The number of nitrogens with zero attached hydrogens (tertiary/aromatic N) is 2. The average Bonchev–Trinajstić information content (AvgIpc) is 3.32. The highest BCUT2D eigenvalue weighted by molar-refractivity contribution is 5.92. The highest BCUT2D eigenvalue weighted by Gasteiger charge is 2.23. The number of hydrogen-bond donors (Lipinski definition) is 1. The van der Waals surface area contributed by atoms with E-state index in [0.717, 1.165) is 17.0 Å². The average molecular weight is 475 g/mol. The van der Waals surface area contributed by atoms with Crippen molar-refractivity contribution in [1.29, 1.82) is 0 Å². The van der Waals surface area contributed by atoms with E-state index in [-0.39, 0.29) is 38.5 Å². The monoisotopic (exact) mass is 475 g/mol. The highest BCUT2D eigenvalue weighted by atomic mass is 19.1. The summed E-state index contributed by atoms with van der Waals surface area (Å²) >= 11 is 0. The normalized spacial score (nSPS) is 10.7. The van der Waals surface area contributed by atoms with Gasteiger partial charge in [0.2, 0.25) is 5.91 Å². The van der Waals surface area contributed by atoms with E-state index in [1.165, 1.54) is 30.4 Å². The van der Waals surface area contributed by atoms with E-state index in [1.807, 2.05) is 0 Å². The second-order valence-electron chi connectivity index (χ2n) is 7.42. The number of anilines is 1. The summed E-state index contributed by atoms with van der Waals surface area (Å²) < 4.78 is 50.8. The Kier molecular flexibility index (Phi) is 8.69. The number of ether oxygens (including phenoxy) is 1. The summed E-state index contributed by atoms with van der Waals surface area (Å²) in [6, 6.07) is 11.1. The molecule has 0 atom stereocenters. The summed E-state index contributed by atoms with van der Waals surface area (Å²) in [5, 5.41) is 2.35. The zero-order chi connectivity index (χ0) is 24.5. The first-order chi connectivity index (χ1) is 16.4. The molecule has 0 fully saturated rings. The van der Waals surface area contributed by atoms with Crippen molar-refractivity contribution in [3.05, 3.63) is 89.6 Å². The summed E-state index contributed by atoms with van der Waals surface area (Å²) in [7, 11) is 1.44. The Morgan fingerprint density at radius 2 is 1.71 bits per heavy atom. The lowest BCUT2D eigenvalue weighted by Gasteiger charge is -2.27. The fourth-order valence-electron chi connectivity index (χ4n) is 3.14. The third-order valence-corrected chi connectivity index (χ3v) is 4.92. The van der Waals surface area contributed by atoms with Gasteiger partial charge in [-0.15, -0.1) is 0 Å². The molecular weight excluding hydrogens is 451 g/mol. The number of carbonyl (C=O) groups is 2. The van der Waals surface area contributed by atoms with Gasteiger partial charge in [0.1, 0.15) is 29.8 Å². The predicted molar refractivity (Wildman–Crippen MR) is 118 cm³/mol. The molecule has 34 heavy (non-hydrogen) atoms. The van der Waals surface area contributed by atoms with Gasteiger partial charge in [-0.3, -0.25) is 4.79 Å². The minimum absolute atomic E-state index is 0.0437. The molecule has 0 radical (unpaired) electrons. The second-order valence-corrected chi connectivity index (χ2v) is 7.42. The fraction of sp³-hybridized carbons (Fsp3) is 0.250. The van der Waals surface area contributed by atoms with Crippen molar-refractivity contribution in [2.75, 3.05) is 32.1 Å². The first kappa shape index (κ1) is 24.8. The second kappa shape index (κ2) is 11.9. The molecule has 0 saturated carbocycles. The Morgan fingerprint density at radius 1 is 0.971 bits per heavy atom. The van der Waals surface area contributed by atoms with Gasteiger partial charge < -0.3 is 24.3 Å². The van der Waals surface area contributed by atoms with Crippen LogP contribution in [0.4, 0.5) is 23.7 Å². The smallest absolute Gasteiger partial charge is 0.322 e. The van der Waals surface area contributed by atoms with Crippen LogP contribution in [0.25, 0.3) is 0 Å². The molecule has 7 nitrogen and oxygen atoms in total. The molecule has 0 bridgehead atoms. The van der Waals surface area contributed by atoms with Crippen LogP contribution in [0.3, 0.4) is 0 Å². The number of halogens is 3. The van der Waals surface area contributed by atoms with Crippen LogP contribution in [0.2, 0.25) is 0 Å². The predicted octanol–water partition coefficient (Wildman–Crippen LogP) is 4.41. The first-order valence-electron chi connectivity index (χ1n) is 10.4. The molecule has 10 heteroatoms. The molecule has 1 heterocycles. The Bertz CT molecular complexity index is 1090. The minimum atomic E-state index is -0.942. The van der Waals surface area contributed by atoms with Crippen LogP contribution in [0, 0.1) is 17.5 Å². The number of nitrogens with one attached hydrogen (secondary N) is 1. The number of urea groups is 1. The van der Waals surface area contributed by atoms with Gasteiger partial charge in [-0.25, -0.2) is 18.0 Å². The summed E-state index contributed by atoms with van der Waals surface area (Å²) in [5.74, 6) is -2.02. The molecule has 0 aliphatic carbocycles. The Hall–Kier alpha value is -3.79. The maximum absolute atomic E-state index is 14.0. The summed E-state index contributed by atoms with van der Waals surface area (Å²) in [4.78, 5) is 28.6. The van der Waals surface area contributed by atoms with E-state index in [0.29, 0.717) is 17.4 Å². The Morgan fingerprint density at radius 3 is 2.35 bits per heavy atom. The van der Waals surface area contributed by atoms with Gasteiger partial charge in [0.25, 0.3) is 0 Å². The SMILES string of the molecule is COCCN(CC(=O)N(Cc1ccc(F)cc1)Cc1ccco1)C(=O)Nc1ccc(F)cc1F. The van der Waals surface area contributed by atoms with Crippen molar-refractivity contribution >= 4 is 17.6 Å². The maximum atomic E-state index is 14.0. The molecule has 0 saturated heterocycles. The topological polar surface area (TPSA) is 75.0 Å². The summed E-state index contributed by atoms with van der Waals surface area (Å²) in [6.45, 7) is 0.0896. The van der Waals surface area contributed by atoms with Gasteiger partial charge in [0.05, 0.1) is 25.1 Å². The summed E-state index contributed by atoms with van der Waals surface area (Å²) in [5.41, 5.74) is 0.461. The molecule has 1 aromatic heterocycles. The van der Waals surface area contributed by atoms with Crippen LogP contribution >= 0.6 is 0 Å². The van der Waals surface area contributed by atoms with Crippen LogP contribution < -0.4 is 5.32 Å². The van der Waals surface area contributed by atoms with E-state index in [1.54, 1.807) is 24.3 Å². The van der Waals surface area contributed by atoms with Gasteiger partial charge in [-0.05, 0) is 42.0 Å². The lowest BCUT2D eigenvalue weighted by molar-refractivity contribution is -0.133. The maximum Gasteiger partial charge on any atom is 0.322 e. The fourth-order valence-corrected chi connectivity index (χ4v) is 3.14. The van der Waals surface area contributed by atoms with Crippen molar-refractivity contribution in [1.82, 2.24) is 9.80 Å². The van der Waals surface area contributed by atoms with E-state index in [9.17, 15) is 22.8 Å². The highest BCUT2D eigenvalue weighted by Crippen LogP contribution is 2.16. The van der Waals surface area contributed by atoms with E-state index in [2.05, 4.69) is 5.32 Å². The molecule has 0 aliphatic heterocycles. The van der Waals surface area contributed by atoms with Crippen LogP contribution in [0.5, 0.6) is 0 Å². The van der Waals surface area contributed by atoms with Gasteiger partial charge in [0.15, 0.2) is 0 Å². The molecule has 0 spiro atoms. The Balaban J connectivity index is 1.76. The van der Waals surface area contributed by atoms with E-state index >= 15 is 0 Å². The number of amides is 3. The first-order valence-corrected chi connectivity index (χ1v) is 10.4. The molecule has 3 rings (SSSR count). The molecule has 3 aromatic rings. The number of hydrogen-bond acceptors (Lipinski definition) is 4.